The van der Waals surface area contributed by atoms with Gasteiger partial charge in [-0.2, -0.15) is 0 Å². The number of fused-ring (bicyclic) bond motifs is 5. The molecule has 0 aromatic heterocycles. The third-order valence-electron chi connectivity index (χ3n) is 4.94. The minimum atomic E-state index is -0.815. The Morgan fingerprint density at radius 1 is 1.33 bits per heavy atom. The van der Waals surface area contributed by atoms with Crippen molar-refractivity contribution in [1.82, 2.24) is 0 Å². The van der Waals surface area contributed by atoms with Gasteiger partial charge >= 0.3 is 0 Å². The maximum absolute atomic E-state index is 12.9. The highest BCUT2D eigenvalue weighted by molar-refractivity contribution is 6.24. The number of nitro benzene ring substituents is 1. The van der Waals surface area contributed by atoms with E-state index in [-0.39, 0.29) is 17.1 Å². The number of hydrogen-bond donors (Lipinski definition) is 0. The summed E-state index contributed by atoms with van der Waals surface area (Å²) in [6.07, 6.45) is 3.16. The SMILES string of the molecule is COc1ccc([N+](=O)[O-])cc1N1C(=O)[C@@H]2[C@@H](C1=O)[C@@]1(C)C=C[C@H]2O1. The number of carbonyl (C=O) groups is 2. The van der Waals surface area contributed by atoms with Crippen LogP contribution >= 0.6 is 0 Å². The summed E-state index contributed by atoms with van der Waals surface area (Å²) >= 11 is 0. The first kappa shape index (κ1) is 14.8. The number of imide groups is 1. The minimum Gasteiger partial charge on any atom is -0.495 e. The summed E-state index contributed by atoms with van der Waals surface area (Å²) in [4.78, 5) is 37.2. The lowest BCUT2D eigenvalue weighted by molar-refractivity contribution is -0.384. The highest BCUT2D eigenvalue weighted by Gasteiger charge is 2.66. The average Bonchev–Trinajstić information content (AvgIpc) is 3.15. The van der Waals surface area contributed by atoms with Crippen molar-refractivity contribution < 1.29 is 24.0 Å². The predicted octanol–water partition coefficient (Wildman–Crippen LogP) is 1.44. The zero-order chi connectivity index (χ0) is 17.2. The summed E-state index contributed by atoms with van der Waals surface area (Å²) in [7, 11) is 1.38. The molecule has 4 rings (SSSR count). The van der Waals surface area contributed by atoms with E-state index in [1.807, 2.05) is 0 Å². The van der Waals surface area contributed by atoms with E-state index >= 15 is 0 Å². The second-order valence-corrected chi connectivity index (χ2v) is 6.25. The van der Waals surface area contributed by atoms with Crippen molar-refractivity contribution in [3.05, 3.63) is 40.5 Å². The number of rotatable bonds is 3. The summed E-state index contributed by atoms with van der Waals surface area (Å²) in [5.41, 5.74) is -0.934. The van der Waals surface area contributed by atoms with Crippen LogP contribution in [-0.4, -0.2) is 35.6 Å². The summed E-state index contributed by atoms with van der Waals surface area (Å²) in [5.74, 6) is -1.82. The molecule has 8 heteroatoms. The Morgan fingerprint density at radius 2 is 2.08 bits per heavy atom. The van der Waals surface area contributed by atoms with Gasteiger partial charge in [-0.1, -0.05) is 12.2 Å². The van der Waals surface area contributed by atoms with Gasteiger partial charge in [-0.05, 0) is 13.0 Å². The molecule has 2 saturated heterocycles. The summed E-state index contributed by atoms with van der Waals surface area (Å²) in [6.45, 7) is 1.77. The number of nitro groups is 1. The maximum atomic E-state index is 12.9. The molecular formula is C16H14N2O6. The topological polar surface area (TPSA) is 99.0 Å². The van der Waals surface area contributed by atoms with Gasteiger partial charge in [0.2, 0.25) is 11.8 Å². The molecule has 3 aliphatic heterocycles. The summed E-state index contributed by atoms with van der Waals surface area (Å²) in [6, 6.07) is 3.84. The largest absolute Gasteiger partial charge is 0.495 e. The molecule has 2 bridgehead atoms. The molecule has 0 aliphatic carbocycles. The third kappa shape index (κ3) is 1.71. The molecule has 2 amide bonds. The van der Waals surface area contributed by atoms with E-state index in [1.54, 1.807) is 19.1 Å². The van der Waals surface area contributed by atoms with Crippen molar-refractivity contribution in [2.45, 2.75) is 18.6 Å². The number of hydrogen-bond acceptors (Lipinski definition) is 6. The van der Waals surface area contributed by atoms with Crippen molar-refractivity contribution in [2.75, 3.05) is 12.0 Å². The normalized spacial score (nSPS) is 33.2. The van der Waals surface area contributed by atoms with Crippen LogP contribution in [-0.2, 0) is 14.3 Å². The second-order valence-electron chi connectivity index (χ2n) is 6.25. The molecule has 1 aromatic rings. The first-order valence-electron chi connectivity index (χ1n) is 7.45. The predicted molar refractivity (Wildman–Crippen MR) is 81.5 cm³/mol. The lowest BCUT2D eigenvalue weighted by atomic mass is 9.78. The molecule has 2 fully saturated rings. The molecule has 8 nitrogen and oxygen atoms in total. The molecule has 124 valence electrons. The number of non-ortho nitro benzene ring substituents is 1. The number of anilines is 1. The van der Waals surface area contributed by atoms with Crippen LogP contribution in [0.25, 0.3) is 0 Å². The zero-order valence-corrected chi connectivity index (χ0v) is 13.0. The second kappa shape index (κ2) is 4.64. The molecule has 0 unspecified atom stereocenters. The van der Waals surface area contributed by atoms with E-state index in [4.69, 9.17) is 9.47 Å². The zero-order valence-electron chi connectivity index (χ0n) is 13.0. The fraction of sp³-hybridized carbons (Fsp3) is 0.375. The van der Waals surface area contributed by atoms with Gasteiger partial charge in [0.25, 0.3) is 5.69 Å². The van der Waals surface area contributed by atoms with E-state index in [0.717, 1.165) is 4.90 Å². The van der Waals surface area contributed by atoms with Gasteiger partial charge in [-0.15, -0.1) is 0 Å². The van der Waals surface area contributed by atoms with E-state index in [1.165, 1.54) is 25.3 Å². The molecule has 24 heavy (non-hydrogen) atoms. The van der Waals surface area contributed by atoms with E-state index in [2.05, 4.69) is 0 Å². The summed E-state index contributed by atoms with van der Waals surface area (Å²) < 4.78 is 10.9. The van der Waals surface area contributed by atoms with Gasteiger partial charge < -0.3 is 9.47 Å². The van der Waals surface area contributed by atoms with E-state index in [0.29, 0.717) is 0 Å². The molecular weight excluding hydrogens is 316 g/mol. The molecule has 0 saturated carbocycles. The first-order chi connectivity index (χ1) is 11.4. The Kier molecular flexibility index (Phi) is 2.86. The third-order valence-corrected chi connectivity index (χ3v) is 4.94. The minimum absolute atomic E-state index is 0.0964. The highest BCUT2D eigenvalue weighted by atomic mass is 16.6. The van der Waals surface area contributed by atoms with E-state index < -0.39 is 40.3 Å². The van der Waals surface area contributed by atoms with Crippen LogP contribution in [0.5, 0.6) is 5.75 Å². The Bertz CT molecular complexity index is 819. The van der Waals surface area contributed by atoms with Gasteiger partial charge in [0.1, 0.15) is 11.4 Å². The van der Waals surface area contributed by atoms with Crippen LogP contribution in [0.3, 0.4) is 0 Å². The standard InChI is InChI=1S/C16H14N2O6/c1-16-6-5-11(24-16)12-13(16)15(20)17(14(12)19)9-7-8(18(21)22)3-4-10(9)23-2/h3-7,11-13H,1-2H3/t11-,12+,13+,16-/m1/s1. The number of nitrogens with zero attached hydrogens (tertiary/aromatic N) is 2. The number of benzene rings is 1. The summed E-state index contributed by atoms with van der Waals surface area (Å²) in [5, 5.41) is 11.0. The maximum Gasteiger partial charge on any atom is 0.271 e. The molecule has 0 N–H and O–H groups in total. The fourth-order valence-corrected chi connectivity index (χ4v) is 3.86. The Hall–Kier alpha value is -2.74. The number of carbonyl (C=O) groups excluding carboxylic acids is 2. The smallest absolute Gasteiger partial charge is 0.271 e. The van der Waals surface area contributed by atoms with Crippen LogP contribution in [0.15, 0.2) is 30.4 Å². The fourth-order valence-electron chi connectivity index (χ4n) is 3.86. The van der Waals surface area contributed by atoms with Crippen molar-refractivity contribution in [1.29, 1.82) is 0 Å². The van der Waals surface area contributed by atoms with Crippen LogP contribution in [0.2, 0.25) is 0 Å². The van der Waals surface area contributed by atoms with Gasteiger partial charge in [0, 0.05) is 12.1 Å². The van der Waals surface area contributed by atoms with Gasteiger partial charge in [-0.25, -0.2) is 4.90 Å². The number of amides is 2. The molecule has 1 aromatic carbocycles. The van der Waals surface area contributed by atoms with Gasteiger partial charge in [-0.3, -0.25) is 19.7 Å². The molecule has 0 spiro atoms. The van der Waals surface area contributed by atoms with Crippen LogP contribution in [0, 0.1) is 22.0 Å². The van der Waals surface area contributed by atoms with Crippen LogP contribution in [0.4, 0.5) is 11.4 Å². The quantitative estimate of drug-likeness (QED) is 0.360. The number of ether oxygens (including phenoxy) is 2. The Balaban J connectivity index is 1.82. The van der Waals surface area contributed by atoms with Crippen molar-refractivity contribution in [3.63, 3.8) is 0 Å². The van der Waals surface area contributed by atoms with E-state index in [9.17, 15) is 19.7 Å². The first-order valence-corrected chi connectivity index (χ1v) is 7.45. The van der Waals surface area contributed by atoms with Crippen LogP contribution in [0.1, 0.15) is 6.92 Å². The van der Waals surface area contributed by atoms with Gasteiger partial charge in [0.05, 0.1) is 35.6 Å². The van der Waals surface area contributed by atoms with Gasteiger partial charge in [0.15, 0.2) is 0 Å². The Morgan fingerprint density at radius 3 is 2.71 bits per heavy atom. The van der Waals surface area contributed by atoms with Crippen LogP contribution < -0.4 is 9.64 Å². The lowest BCUT2D eigenvalue weighted by Gasteiger charge is -2.24. The molecule has 0 radical (unpaired) electrons. The Labute approximate surface area is 136 Å². The molecule has 3 heterocycles. The number of methoxy groups -OCH3 is 1. The van der Waals surface area contributed by atoms with Crippen molar-refractivity contribution in [2.24, 2.45) is 11.8 Å². The molecule has 4 atom stereocenters. The molecule has 3 aliphatic rings. The lowest BCUT2D eigenvalue weighted by Crippen LogP contribution is -2.38. The average molecular weight is 330 g/mol. The van der Waals surface area contributed by atoms with Crippen molar-refractivity contribution >= 4 is 23.2 Å². The monoisotopic (exact) mass is 330 g/mol. The highest BCUT2D eigenvalue weighted by Crippen LogP contribution is 2.53. The van der Waals surface area contributed by atoms with Crippen molar-refractivity contribution in [3.8, 4) is 5.75 Å².